The Hall–Kier alpha value is -3.41. The van der Waals surface area contributed by atoms with Crippen molar-refractivity contribution in [2.45, 2.75) is 37.5 Å². The van der Waals surface area contributed by atoms with Gasteiger partial charge in [-0.15, -0.1) is 11.3 Å². The lowest BCUT2D eigenvalue weighted by atomic mass is 9.96. The van der Waals surface area contributed by atoms with Gasteiger partial charge in [0.05, 0.1) is 5.39 Å². The van der Waals surface area contributed by atoms with Crippen LogP contribution in [0.25, 0.3) is 32.6 Å². The van der Waals surface area contributed by atoms with Crippen LogP contribution in [-0.2, 0) is 22.9 Å². The third-order valence-corrected chi connectivity index (χ3v) is 10.6. The first-order valence-electron chi connectivity index (χ1n) is 12.8. The quantitative estimate of drug-likeness (QED) is 0.322. The zero-order chi connectivity index (χ0) is 25.9. The fourth-order valence-electron chi connectivity index (χ4n) is 5.47. The summed E-state index contributed by atoms with van der Waals surface area (Å²) in [6.45, 7) is 3.84. The highest BCUT2D eigenvalue weighted by molar-refractivity contribution is 7.89. The lowest BCUT2D eigenvalue weighted by molar-refractivity contribution is 0.315. The normalized spacial score (nSPS) is 16.8. The van der Waals surface area contributed by atoms with Crippen molar-refractivity contribution in [1.82, 2.24) is 24.6 Å². The molecule has 7 rings (SSSR count). The predicted molar refractivity (Wildman–Crippen MR) is 147 cm³/mol. The van der Waals surface area contributed by atoms with Crippen LogP contribution in [0.3, 0.4) is 0 Å². The molecule has 2 aromatic carbocycles. The van der Waals surface area contributed by atoms with Gasteiger partial charge in [-0.05, 0) is 60.6 Å². The van der Waals surface area contributed by atoms with Gasteiger partial charge in [0.25, 0.3) is 0 Å². The van der Waals surface area contributed by atoms with E-state index in [1.54, 1.807) is 29.5 Å². The Morgan fingerprint density at radius 2 is 1.71 bits per heavy atom. The summed E-state index contributed by atoms with van der Waals surface area (Å²) in [7, 11) is -3.75. The van der Waals surface area contributed by atoms with E-state index in [0.29, 0.717) is 37.5 Å². The van der Waals surface area contributed by atoms with Crippen molar-refractivity contribution < 1.29 is 13.0 Å². The number of anilines is 1. The summed E-state index contributed by atoms with van der Waals surface area (Å²) in [5, 5.41) is 8.78. The van der Waals surface area contributed by atoms with Crippen molar-refractivity contribution in [3.63, 3.8) is 0 Å². The summed E-state index contributed by atoms with van der Waals surface area (Å²) in [6, 6.07) is 13.2. The molecular formula is C27H26N6O3S2. The zero-order valence-electron chi connectivity index (χ0n) is 20.9. The molecule has 5 aromatic rings. The highest BCUT2D eigenvalue weighted by Gasteiger charge is 2.33. The highest BCUT2D eigenvalue weighted by Crippen LogP contribution is 2.41. The first-order chi connectivity index (χ1) is 18.5. The number of rotatable bonds is 4. The smallest absolute Gasteiger partial charge is 0.245 e. The molecule has 1 saturated heterocycles. The monoisotopic (exact) mass is 546 g/mol. The summed E-state index contributed by atoms with van der Waals surface area (Å²) in [5.74, 6) is 1.64. The van der Waals surface area contributed by atoms with Crippen molar-refractivity contribution in [2.75, 3.05) is 31.1 Å². The maximum atomic E-state index is 13.5. The van der Waals surface area contributed by atoms with Crippen LogP contribution in [-0.4, -0.2) is 59.2 Å². The number of thiophene rings is 1. The van der Waals surface area contributed by atoms with E-state index in [1.807, 2.05) is 0 Å². The van der Waals surface area contributed by atoms with Crippen molar-refractivity contribution in [3.05, 3.63) is 58.5 Å². The molecular weight excluding hydrogens is 520 g/mol. The predicted octanol–water partition coefficient (Wildman–Crippen LogP) is 4.59. The van der Waals surface area contributed by atoms with Gasteiger partial charge in [0.15, 0.2) is 11.3 Å². The topological polar surface area (TPSA) is 105 Å². The number of hydrogen-bond donors (Lipinski definition) is 0. The maximum Gasteiger partial charge on any atom is 0.245 e. The van der Waals surface area contributed by atoms with Crippen molar-refractivity contribution in [1.29, 1.82) is 0 Å². The Morgan fingerprint density at radius 3 is 2.53 bits per heavy atom. The summed E-state index contributed by atoms with van der Waals surface area (Å²) in [5.41, 5.74) is 4.25. The van der Waals surface area contributed by atoms with E-state index in [1.165, 1.54) is 33.2 Å². The van der Waals surface area contributed by atoms with Gasteiger partial charge in [-0.1, -0.05) is 35.9 Å². The van der Waals surface area contributed by atoms with Gasteiger partial charge in [0.2, 0.25) is 10.0 Å². The first-order valence-corrected chi connectivity index (χ1v) is 15.1. The van der Waals surface area contributed by atoms with Crippen molar-refractivity contribution in [2.24, 2.45) is 0 Å². The summed E-state index contributed by atoms with van der Waals surface area (Å²) in [4.78, 5) is 14.9. The standard InChI is InChI=1S/C27H26N6O3S2/c1-17-9-11-18(12-10-17)25-28-26(23-19-5-2-3-7-21(19)37-27(23)29-25)32-13-15-33(16-14-32)38(34,35)22-8-4-6-20-24(22)31-36-30-20/h4,6,8-12H,2-3,5,7,13-16H2,1H3. The van der Waals surface area contributed by atoms with Crippen molar-refractivity contribution >= 4 is 48.4 Å². The largest absolute Gasteiger partial charge is 0.353 e. The van der Waals surface area contributed by atoms with Crippen LogP contribution in [0.5, 0.6) is 0 Å². The number of nitrogens with zero attached hydrogens (tertiary/aromatic N) is 6. The SMILES string of the molecule is Cc1ccc(-c2nc(N3CCN(S(=O)(=O)c4cccc5nonc45)CC3)c3c4c(sc3n2)CCCC4)cc1. The Morgan fingerprint density at radius 1 is 0.921 bits per heavy atom. The van der Waals surface area contributed by atoms with Gasteiger partial charge in [-0.25, -0.2) is 23.0 Å². The van der Waals surface area contributed by atoms with Gasteiger partial charge in [0.1, 0.15) is 21.1 Å². The van der Waals surface area contributed by atoms with Gasteiger partial charge in [0, 0.05) is 36.6 Å². The molecule has 4 heterocycles. The minimum Gasteiger partial charge on any atom is -0.353 e. The van der Waals surface area contributed by atoms with Crippen LogP contribution < -0.4 is 4.90 Å². The van der Waals surface area contributed by atoms with E-state index in [9.17, 15) is 8.42 Å². The highest BCUT2D eigenvalue weighted by atomic mass is 32.2. The van der Waals surface area contributed by atoms with Gasteiger partial charge in [-0.2, -0.15) is 4.31 Å². The molecule has 0 bridgehead atoms. The second kappa shape index (κ2) is 9.11. The molecule has 0 spiro atoms. The molecule has 0 N–H and O–H groups in total. The van der Waals surface area contributed by atoms with Crippen LogP contribution in [0.1, 0.15) is 28.8 Å². The average Bonchev–Trinajstić information content (AvgIpc) is 3.57. The third kappa shape index (κ3) is 3.88. The Balaban J connectivity index is 1.25. The van der Waals surface area contributed by atoms with E-state index in [-0.39, 0.29) is 10.4 Å². The lowest BCUT2D eigenvalue weighted by Gasteiger charge is -2.35. The first kappa shape index (κ1) is 23.7. The Kier molecular flexibility index (Phi) is 5.68. The number of aromatic nitrogens is 4. The Labute approximate surface area is 224 Å². The molecule has 1 aliphatic carbocycles. The second-order valence-corrected chi connectivity index (χ2v) is 12.9. The molecule has 0 amide bonds. The third-order valence-electron chi connectivity index (χ3n) is 7.51. The Bertz CT molecular complexity index is 1770. The van der Waals surface area contributed by atoms with E-state index in [0.717, 1.165) is 34.4 Å². The van der Waals surface area contributed by atoms with Crippen LogP contribution in [0.15, 0.2) is 52.0 Å². The maximum absolute atomic E-state index is 13.5. The number of fused-ring (bicyclic) bond motifs is 4. The molecule has 38 heavy (non-hydrogen) atoms. The molecule has 9 nitrogen and oxygen atoms in total. The fraction of sp³-hybridized carbons (Fsp3) is 0.333. The van der Waals surface area contributed by atoms with E-state index in [2.05, 4.69) is 46.4 Å². The van der Waals surface area contributed by atoms with Crippen LogP contribution in [0, 0.1) is 6.92 Å². The zero-order valence-corrected chi connectivity index (χ0v) is 22.6. The van der Waals surface area contributed by atoms with Crippen molar-refractivity contribution in [3.8, 4) is 11.4 Å². The number of aryl methyl sites for hydroxylation is 3. The van der Waals surface area contributed by atoms with E-state index in [4.69, 9.17) is 14.6 Å². The number of hydrogen-bond acceptors (Lipinski definition) is 9. The minimum absolute atomic E-state index is 0.127. The lowest BCUT2D eigenvalue weighted by Crippen LogP contribution is -2.49. The number of benzene rings is 2. The molecule has 1 fully saturated rings. The molecule has 0 atom stereocenters. The summed E-state index contributed by atoms with van der Waals surface area (Å²) >= 11 is 1.79. The van der Waals surface area contributed by atoms with Crippen LogP contribution in [0.4, 0.5) is 5.82 Å². The van der Waals surface area contributed by atoms with Crippen LogP contribution in [0.2, 0.25) is 0 Å². The average molecular weight is 547 g/mol. The number of piperazine rings is 1. The molecule has 1 aliphatic heterocycles. The summed E-state index contributed by atoms with van der Waals surface area (Å²) < 4.78 is 33.4. The van der Waals surface area contributed by atoms with E-state index < -0.39 is 10.0 Å². The van der Waals surface area contributed by atoms with Gasteiger partial charge >= 0.3 is 0 Å². The van der Waals surface area contributed by atoms with Crippen LogP contribution >= 0.6 is 11.3 Å². The van der Waals surface area contributed by atoms with E-state index >= 15 is 0 Å². The molecule has 2 aliphatic rings. The molecule has 0 unspecified atom stereocenters. The summed E-state index contributed by atoms with van der Waals surface area (Å²) in [6.07, 6.45) is 4.51. The molecule has 0 radical (unpaired) electrons. The molecule has 0 saturated carbocycles. The fourth-order valence-corrected chi connectivity index (χ4v) is 8.28. The second-order valence-electron chi connectivity index (χ2n) is 9.91. The number of sulfonamides is 1. The molecule has 11 heteroatoms. The molecule has 194 valence electrons. The molecule has 3 aromatic heterocycles. The van der Waals surface area contributed by atoms with Gasteiger partial charge in [-0.3, -0.25) is 0 Å². The van der Waals surface area contributed by atoms with Gasteiger partial charge < -0.3 is 4.90 Å². The minimum atomic E-state index is -3.75.